The number of anilines is 3. The number of hydrogen-bond acceptors (Lipinski definition) is 11. The molecule has 16 nitrogen and oxygen atoms in total. The van der Waals surface area contributed by atoms with Gasteiger partial charge in [-0.2, -0.15) is 4.99 Å². The maximum atomic E-state index is 15.6. The van der Waals surface area contributed by atoms with Crippen molar-refractivity contribution in [3.63, 3.8) is 0 Å². The predicted octanol–water partition coefficient (Wildman–Crippen LogP) is 7.12. The molecule has 0 saturated carbocycles. The molecule has 63 heavy (non-hydrogen) atoms. The highest BCUT2D eigenvalue weighted by Crippen LogP contribution is 2.39. The zero-order valence-electron chi connectivity index (χ0n) is 36.1. The van der Waals surface area contributed by atoms with Crippen molar-refractivity contribution >= 4 is 41.6 Å². The van der Waals surface area contributed by atoms with E-state index in [1.165, 1.54) is 22.8 Å². The quantitative estimate of drug-likeness (QED) is 0.0671. The lowest BCUT2D eigenvalue weighted by Gasteiger charge is -2.33. The fourth-order valence-electron chi connectivity index (χ4n) is 7.82. The predicted molar refractivity (Wildman–Crippen MR) is 240 cm³/mol. The van der Waals surface area contributed by atoms with E-state index in [4.69, 9.17) is 9.73 Å². The van der Waals surface area contributed by atoms with Crippen molar-refractivity contribution in [3.05, 3.63) is 107 Å². The molecule has 0 spiro atoms. The summed E-state index contributed by atoms with van der Waals surface area (Å²) in [6.45, 7) is 12.8. The molecule has 0 unspecified atom stereocenters. The van der Waals surface area contributed by atoms with Crippen molar-refractivity contribution in [2.45, 2.75) is 53.0 Å². The van der Waals surface area contributed by atoms with Gasteiger partial charge in [-0.1, -0.05) is 37.1 Å². The van der Waals surface area contributed by atoms with Crippen LogP contribution in [0.4, 0.5) is 21.5 Å². The van der Waals surface area contributed by atoms with Gasteiger partial charge in [-0.3, -0.25) is 9.59 Å². The summed E-state index contributed by atoms with van der Waals surface area (Å²) in [7, 11) is 3.56. The van der Waals surface area contributed by atoms with E-state index < -0.39 is 11.8 Å². The number of carbonyl (C=O) groups is 2. The van der Waals surface area contributed by atoms with Crippen molar-refractivity contribution in [2.75, 3.05) is 48.9 Å². The van der Waals surface area contributed by atoms with E-state index in [0.717, 1.165) is 5.69 Å². The van der Waals surface area contributed by atoms with E-state index in [0.29, 0.717) is 72.3 Å². The number of phenols is 2. The monoisotopic (exact) mass is 858 g/mol. The highest BCUT2D eigenvalue weighted by Gasteiger charge is 2.29. The van der Waals surface area contributed by atoms with Gasteiger partial charge in [-0.15, -0.1) is 5.10 Å². The smallest absolute Gasteiger partial charge is 0.319 e. The van der Waals surface area contributed by atoms with Crippen LogP contribution in [0.1, 0.15) is 67.9 Å². The second-order valence-corrected chi connectivity index (χ2v) is 15.7. The molecule has 5 N–H and O–H groups in total. The molecular formula is C46H51FN10O6. The molecule has 3 heterocycles. The molecule has 2 aliphatic heterocycles. The molecule has 5 aromatic rings. The van der Waals surface area contributed by atoms with Gasteiger partial charge in [0.25, 0.3) is 5.91 Å². The summed E-state index contributed by atoms with van der Waals surface area (Å²) in [5, 5.41) is 45.4. The van der Waals surface area contributed by atoms with Gasteiger partial charge in [0.05, 0.1) is 40.5 Å². The van der Waals surface area contributed by atoms with Crippen LogP contribution in [-0.4, -0.2) is 93.3 Å². The van der Waals surface area contributed by atoms with E-state index >= 15 is 4.39 Å². The zero-order chi connectivity index (χ0) is 45.1. The highest BCUT2D eigenvalue weighted by atomic mass is 19.1. The van der Waals surface area contributed by atoms with E-state index in [9.17, 15) is 24.9 Å². The molecule has 0 radical (unpaired) electrons. The molecule has 2 aliphatic rings. The molecule has 4 aromatic carbocycles. The standard InChI is InChI=1S/C46H51FN10O6/c1-8-63-40-22-30(15-16-36(40)50-45(48-5)51-41-27(4)54(6)44(61)32-11-9-10-12-37(32)55(41)7)56-19-17-28(18-20-56)43(60)49-25-29-13-14-31(21-35(29)47)57-42(52-53-46(57)62)34-23-33(26(2)3)38(58)24-39(34)59/h9-16,21-24,26,28,58-59H,5,8,17-20,25H2,1-4,6-7H3,(H,49,60)(H,50,51)(H,53,62). The minimum Gasteiger partial charge on any atom is -0.508 e. The number of aromatic hydroxyl groups is 3. The minimum atomic E-state index is -0.622. The summed E-state index contributed by atoms with van der Waals surface area (Å²) < 4.78 is 22.8. The van der Waals surface area contributed by atoms with Crippen LogP contribution in [0.3, 0.4) is 0 Å². The van der Waals surface area contributed by atoms with Crippen molar-refractivity contribution in [1.82, 2.24) is 25.0 Å². The van der Waals surface area contributed by atoms with Crippen LogP contribution in [0.15, 0.2) is 94.3 Å². The summed E-state index contributed by atoms with van der Waals surface area (Å²) in [6, 6.07) is 19.6. The van der Waals surface area contributed by atoms with Crippen molar-refractivity contribution in [3.8, 4) is 40.3 Å². The SMILES string of the molecule is C=N/C(=N\C1=C(C)N(C)C(=O)c2ccccc2N1C)Nc1ccc(N2CCC(C(=O)NCc3ccc(-n4c(O)nnc4-c4cc(C(C)C)c(O)cc4O)cc3F)CC2)cc1OCC. The summed E-state index contributed by atoms with van der Waals surface area (Å²) in [5.41, 5.74) is 4.63. The third-order valence-corrected chi connectivity index (χ3v) is 11.5. The number of nitrogens with zero attached hydrogens (tertiary/aromatic N) is 8. The molecule has 17 heteroatoms. The first-order valence-corrected chi connectivity index (χ1v) is 20.6. The summed E-state index contributed by atoms with van der Waals surface area (Å²) >= 11 is 0. The molecule has 0 bridgehead atoms. The summed E-state index contributed by atoms with van der Waals surface area (Å²) in [4.78, 5) is 41.1. The van der Waals surface area contributed by atoms with Crippen LogP contribution in [0.2, 0.25) is 0 Å². The maximum Gasteiger partial charge on any atom is 0.319 e. The Morgan fingerprint density at radius 1 is 0.952 bits per heavy atom. The van der Waals surface area contributed by atoms with E-state index in [2.05, 4.69) is 37.4 Å². The van der Waals surface area contributed by atoms with Gasteiger partial charge < -0.3 is 45.4 Å². The Balaban J connectivity index is 0.989. The summed E-state index contributed by atoms with van der Waals surface area (Å²) in [6.07, 6.45) is 1.16. The Labute approximate surface area is 364 Å². The van der Waals surface area contributed by atoms with Gasteiger partial charge in [0.15, 0.2) is 11.6 Å². The number of phenolic OH excluding ortho intramolecular Hbond substituents is 2. The molecule has 2 amide bonds. The van der Waals surface area contributed by atoms with Gasteiger partial charge in [-0.25, -0.2) is 13.9 Å². The normalized spacial score (nSPS) is 14.8. The lowest BCUT2D eigenvalue weighted by molar-refractivity contribution is -0.125. The van der Waals surface area contributed by atoms with Crippen molar-refractivity contribution < 1.29 is 34.0 Å². The topological polar surface area (TPSA) is 193 Å². The Morgan fingerprint density at radius 2 is 1.68 bits per heavy atom. The average molecular weight is 859 g/mol. The van der Waals surface area contributed by atoms with E-state index in [1.807, 2.05) is 76.0 Å². The molecule has 1 aromatic heterocycles. The number of carbonyl (C=O) groups excluding carboxylic acids is 2. The number of para-hydroxylation sites is 1. The Morgan fingerprint density at radius 3 is 2.38 bits per heavy atom. The number of fused-ring (bicyclic) bond motifs is 1. The third-order valence-electron chi connectivity index (χ3n) is 11.5. The first-order chi connectivity index (χ1) is 30.2. The number of amides is 2. The van der Waals surface area contributed by atoms with Crippen molar-refractivity contribution in [2.24, 2.45) is 15.9 Å². The number of piperidine rings is 1. The number of guanidine groups is 1. The molecule has 7 rings (SSSR count). The zero-order valence-corrected chi connectivity index (χ0v) is 36.1. The van der Waals surface area contributed by atoms with Crippen LogP contribution >= 0.6 is 0 Å². The van der Waals surface area contributed by atoms with Gasteiger partial charge in [0, 0.05) is 63.0 Å². The molecule has 328 valence electrons. The minimum absolute atomic E-state index is 0.0467. The third kappa shape index (κ3) is 8.85. The Kier molecular flexibility index (Phi) is 12.7. The van der Waals surface area contributed by atoms with Crippen LogP contribution in [0.25, 0.3) is 17.1 Å². The van der Waals surface area contributed by atoms with Gasteiger partial charge in [0.2, 0.25) is 11.9 Å². The molecular weight excluding hydrogens is 808 g/mol. The number of ether oxygens (including phenoxy) is 1. The van der Waals surface area contributed by atoms with Gasteiger partial charge >= 0.3 is 6.01 Å². The van der Waals surface area contributed by atoms with Crippen LogP contribution in [0.5, 0.6) is 23.3 Å². The Hall–Kier alpha value is -7.43. The van der Waals surface area contributed by atoms with Crippen molar-refractivity contribution in [1.29, 1.82) is 0 Å². The summed E-state index contributed by atoms with van der Waals surface area (Å²) in [5.74, 6) is -0.315. The maximum absolute atomic E-state index is 15.6. The lowest BCUT2D eigenvalue weighted by atomic mass is 9.95. The van der Waals surface area contributed by atoms with E-state index in [-0.39, 0.29) is 70.3 Å². The fraction of sp³-hybridized carbons (Fsp3) is 0.304. The first kappa shape index (κ1) is 43.7. The first-order valence-electron chi connectivity index (χ1n) is 20.6. The lowest BCUT2D eigenvalue weighted by Crippen LogP contribution is -2.40. The molecule has 1 saturated heterocycles. The highest BCUT2D eigenvalue weighted by molar-refractivity contribution is 6.03. The molecule has 0 aliphatic carbocycles. The number of nitrogens with one attached hydrogen (secondary N) is 2. The number of aromatic nitrogens is 3. The number of rotatable bonds is 11. The second kappa shape index (κ2) is 18.3. The number of aliphatic imine (C=N–C) groups is 2. The number of hydrogen-bond donors (Lipinski definition) is 5. The van der Waals surface area contributed by atoms with Crippen LogP contribution in [0, 0.1) is 11.7 Å². The van der Waals surface area contributed by atoms with Gasteiger partial charge in [0.1, 0.15) is 23.1 Å². The molecule has 1 fully saturated rings. The number of halogens is 1. The van der Waals surface area contributed by atoms with E-state index in [1.54, 1.807) is 30.1 Å². The second-order valence-electron chi connectivity index (χ2n) is 15.7. The number of allylic oxidation sites excluding steroid dienone is 1. The molecule has 0 atom stereocenters. The Bertz CT molecular complexity index is 2630. The largest absolute Gasteiger partial charge is 0.508 e. The van der Waals surface area contributed by atoms with Crippen LogP contribution in [-0.2, 0) is 11.3 Å². The van der Waals surface area contributed by atoms with Gasteiger partial charge in [-0.05, 0) is 87.4 Å². The number of benzene rings is 4. The van der Waals surface area contributed by atoms with Crippen LogP contribution < -0.4 is 25.2 Å². The average Bonchev–Trinajstić information content (AvgIpc) is 3.64. The fourth-order valence-corrected chi connectivity index (χ4v) is 7.82.